The van der Waals surface area contributed by atoms with Gasteiger partial charge >= 0.3 is 0 Å². The smallest absolute Gasteiger partial charge is 0.255 e. The summed E-state index contributed by atoms with van der Waals surface area (Å²) in [5.74, 6) is 1.68. The maximum Gasteiger partial charge on any atom is 0.255 e. The number of amides is 1. The summed E-state index contributed by atoms with van der Waals surface area (Å²) in [7, 11) is 0. The quantitative estimate of drug-likeness (QED) is 0.304. The Hall–Kier alpha value is -4.84. The van der Waals surface area contributed by atoms with Crippen LogP contribution in [0.25, 0.3) is 16.9 Å². The first kappa shape index (κ1) is 22.0. The van der Waals surface area contributed by atoms with Crippen LogP contribution in [0.2, 0.25) is 0 Å². The fourth-order valence-electron chi connectivity index (χ4n) is 3.77. The van der Waals surface area contributed by atoms with Gasteiger partial charge in [-0.05, 0) is 61.5 Å². The lowest BCUT2D eigenvalue weighted by molar-refractivity contribution is 0.102. The Morgan fingerprint density at radius 3 is 2.34 bits per heavy atom. The Bertz CT molecular complexity index is 1470. The summed E-state index contributed by atoms with van der Waals surface area (Å²) in [6.45, 7) is 2.04. The van der Waals surface area contributed by atoms with E-state index in [1.165, 1.54) is 0 Å². The van der Waals surface area contributed by atoms with Gasteiger partial charge in [0.15, 0.2) is 0 Å². The summed E-state index contributed by atoms with van der Waals surface area (Å²) >= 11 is 0. The number of nitrogen functional groups attached to an aromatic ring is 1. The van der Waals surface area contributed by atoms with E-state index in [0.717, 1.165) is 28.3 Å². The number of nitrogens with two attached hydrogens (primary N) is 1. The Balaban J connectivity index is 1.30. The summed E-state index contributed by atoms with van der Waals surface area (Å²) in [6.07, 6.45) is 0. The number of benzene rings is 4. The number of rotatable bonds is 6. The van der Waals surface area contributed by atoms with Crippen molar-refractivity contribution in [3.8, 4) is 28.4 Å². The molecule has 172 valence electrons. The maximum absolute atomic E-state index is 12.8. The second-order valence-corrected chi connectivity index (χ2v) is 8.18. The zero-order valence-electron chi connectivity index (χ0n) is 19.2. The number of para-hydroxylation sites is 1. The number of nitrogens with zero attached hydrogens (tertiary/aromatic N) is 2. The first-order valence-corrected chi connectivity index (χ1v) is 11.2. The number of hydrogen-bond donors (Lipinski definition) is 2. The van der Waals surface area contributed by atoms with E-state index in [2.05, 4.69) is 16.5 Å². The number of carbonyl (C=O) groups is 1. The van der Waals surface area contributed by atoms with Gasteiger partial charge in [-0.25, -0.2) is 4.68 Å². The molecule has 5 rings (SSSR count). The van der Waals surface area contributed by atoms with Gasteiger partial charge in [0.2, 0.25) is 0 Å². The van der Waals surface area contributed by atoms with Crippen LogP contribution < -0.4 is 15.8 Å². The molecule has 0 aliphatic heterocycles. The number of anilines is 2. The van der Waals surface area contributed by atoms with Crippen LogP contribution in [-0.2, 0) is 0 Å². The standard InChI is InChI=1S/C29H24N4O2/c1-20-7-5-8-22(17-20)27-19-28(30)33(32-27)24-15-13-21(14-16-24)29(34)31-23-9-6-12-26(18-23)35-25-10-3-2-4-11-25/h2-19H,30H2,1H3,(H,31,34). The van der Waals surface area contributed by atoms with Crippen molar-refractivity contribution in [1.82, 2.24) is 9.78 Å². The highest BCUT2D eigenvalue weighted by Crippen LogP contribution is 2.26. The van der Waals surface area contributed by atoms with Crippen molar-refractivity contribution in [2.75, 3.05) is 11.1 Å². The van der Waals surface area contributed by atoms with Crippen LogP contribution in [0.1, 0.15) is 15.9 Å². The summed E-state index contributed by atoms with van der Waals surface area (Å²) < 4.78 is 7.52. The highest BCUT2D eigenvalue weighted by atomic mass is 16.5. The molecule has 0 saturated heterocycles. The molecule has 5 aromatic rings. The molecule has 1 heterocycles. The summed E-state index contributed by atoms with van der Waals surface area (Å²) in [4.78, 5) is 12.8. The van der Waals surface area contributed by atoms with E-state index in [4.69, 9.17) is 10.5 Å². The molecular formula is C29H24N4O2. The van der Waals surface area contributed by atoms with Crippen LogP contribution in [0.4, 0.5) is 11.5 Å². The number of nitrogens with one attached hydrogen (secondary N) is 1. The van der Waals surface area contributed by atoms with Crippen molar-refractivity contribution in [3.63, 3.8) is 0 Å². The van der Waals surface area contributed by atoms with Crippen LogP contribution in [0, 0.1) is 6.92 Å². The lowest BCUT2D eigenvalue weighted by atomic mass is 10.1. The van der Waals surface area contributed by atoms with Gasteiger partial charge in [-0.1, -0.05) is 48.0 Å². The van der Waals surface area contributed by atoms with Crippen molar-refractivity contribution in [2.24, 2.45) is 0 Å². The molecule has 4 aromatic carbocycles. The van der Waals surface area contributed by atoms with Crippen LogP contribution in [-0.4, -0.2) is 15.7 Å². The minimum Gasteiger partial charge on any atom is -0.457 e. The summed E-state index contributed by atoms with van der Waals surface area (Å²) in [5.41, 5.74) is 11.1. The minimum absolute atomic E-state index is 0.220. The Morgan fingerprint density at radius 2 is 1.57 bits per heavy atom. The van der Waals surface area contributed by atoms with Crippen molar-refractivity contribution in [1.29, 1.82) is 0 Å². The zero-order chi connectivity index (χ0) is 24.2. The summed E-state index contributed by atoms with van der Waals surface area (Å²) in [5, 5.41) is 7.57. The SMILES string of the molecule is Cc1cccc(-c2cc(N)n(-c3ccc(C(=O)Nc4cccc(Oc5ccccc5)c4)cc3)n2)c1. The number of aromatic nitrogens is 2. The average Bonchev–Trinajstić information content (AvgIpc) is 3.26. The summed E-state index contributed by atoms with van der Waals surface area (Å²) in [6, 6.07) is 33.9. The lowest BCUT2D eigenvalue weighted by Gasteiger charge is -2.10. The van der Waals surface area contributed by atoms with E-state index >= 15 is 0 Å². The van der Waals surface area contributed by atoms with Crippen LogP contribution in [0.15, 0.2) is 109 Å². The number of hydrogen-bond acceptors (Lipinski definition) is 4. The number of aryl methyl sites for hydroxylation is 1. The van der Waals surface area contributed by atoms with Gasteiger partial charge in [0.05, 0.1) is 11.4 Å². The average molecular weight is 461 g/mol. The first-order valence-electron chi connectivity index (χ1n) is 11.2. The third-order valence-corrected chi connectivity index (χ3v) is 5.50. The normalized spacial score (nSPS) is 10.7. The molecule has 0 radical (unpaired) electrons. The zero-order valence-corrected chi connectivity index (χ0v) is 19.2. The number of carbonyl (C=O) groups excluding carboxylic acids is 1. The van der Waals surface area contributed by atoms with Crippen molar-refractivity contribution in [3.05, 3.63) is 120 Å². The van der Waals surface area contributed by atoms with E-state index in [1.54, 1.807) is 22.9 Å². The van der Waals surface area contributed by atoms with Gasteiger partial charge in [0, 0.05) is 28.9 Å². The third-order valence-electron chi connectivity index (χ3n) is 5.50. The van der Waals surface area contributed by atoms with E-state index in [9.17, 15) is 4.79 Å². The van der Waals surface area contributed by atoms with Crippen LogP contribution in [0.5, 0.6) is 11.5 Å². The van der Waals surface area contributed by atoms with Crippen molar-refractivity contribution >= 4 is 17.4 Å². The van der Waals surface area contributed by atoms with E-state index in [0.29, 0.717) is 22.8 Å². The molecule has 3 N–H and O–H groups in total. The third kappa shape index (κ3) is 5.07. The Labute approximate surface area is 203 Å². The molecule has 1 amide bonds. The van der Waals surface area contributed by atoms with E-state index < -0.39 is 0 Å². The number of ether oxygens (including phenoxy) is 1. The molecule has 0 aliphatic carbocycles. The van der Waals surface area contributed by atoms with E-state index in [-0.39, 0.29) is 5.91 Å². The minimum atomic E-state index is -0.220. The molecular weight excluding hydrogens is 436 g/mol. The maximum atomic E-state index is 12.8. The van der Waals surface area contributed by atoms with Gasteiger partial charge in [-0.15, -0.1) is 0 Å². The lowest BCUT2D eigenvalue weighted by Crippen LogP contribution is -2.12. The molecule has 0 saturated carbocycles. The van der Waals surface area contributed by atoms with Gasteiger partial charge in [0.25, 0.3) is 5.91 Å². The molecule has 6 nitrogen and oxygen atoms in total. The van der Waals surface area contributed by atoms with Gasteiger partial charge < -0.3 is 15.8 Å². The van der Waals surface area contributed by atoms with Crippen molar-refractivity contribution in [2.45, 2.75) is 6.92 Å². The molecule has 0 atom stereocenters. The molecule has 35 heavy (non-hydrogen) atoms. The van der Waals surface area contributed by atoms with Gasteiger partial charge in [-0.3, -0.25) is 4.79 Å². The predicted octanol–water partition coefficient (Wildman–Crippen LogP) is 6.47. The van der Waals surface area contributed by atoms with Crippen LogP contribution in [0.3, 0.4) is 0 Å². The second kappa shape index (κ2) is 9.57. The molecule has 1 aromatic heterocycles. The highest BCUT2D eigenvalue weighted by Gasteiger charge is 2.11. The fraction of sp³-hybridized carbons (Fsp3) is 0.0345. The van der Waals surface area contributed by atoms with Gasteiger partial charge in [0.1, 0.15) is 17.3 Å². The fourth-order valence-corrected chi connectivity index (χ4v) is 3.77. The Morgan fingerprint density at radius 1 is 0.829 bits per heavy atom. The molecule has 0 aliphatic rings. The topological polar surface area (TPSA) is 82.2 Å². The molecule has 0 fully saturated rings. The highest BCUT2D eigenvalue weighted by molar-refractivity contribution is 6.04. The molecule has 0 spiro atoms. The monoisotopic (exact) mass is 460 g/mol. The largest absolute Gasteiger partial charge is 0.457 e. The van der Waals surface area contributed by atoms with E-state index in [1.807, 2.05) is 91.9 Å². The molecule has 0 bridgehead atoms. The van der Waals surface area contributed by atoms with Crippen molar-refractivity contribution < 1.29 is 9.53 Å². The molecule has 0 unspecified atom stereocenters. The predicted molar refractivity (Wildman–Crippen MR) is 139 cm³/mol. The molecule has 6 heteroatoms. The van der Waals surface area contributed by atoms with Gasteiger partial charge in [-0.2, -0.15) is 5.10 Å². The first-order chi connectivity index (χ1) is 17.0. The second-order valence-electron chi connectivity index (χ2n) is 8.18. The Kier molecular flexibility index (Phi) is 6.01. The van der Waals surface area contributed by atoms with Crippen LogP contribution >= 0.6 is 0 Å².